The van der Waals surface area contributed by atoms with Gasteiger partial charge in [-0.25, -0.2) is 0 Å². The number of rotatable bonds is 0. The number of para-hydroxylation sites is 1. The van der Waals surface area contributed by atoms with Gasteiger partial charge in [0.2, 0.25) is 0 Å². The fourth-order valence-corrected chi connectivity index (χ4v) is 1.46. The van der Waals surface area contributed by atoms with Gasteiger partial charge in [0, 0.05) is 6.21 Å². The molecule has 1 nitrogen and oxygen atoms in total. The first kappa shape index (κ1) is 6.59. The Balaban J connectivity index is 2.54. The van der Waals surface area contributed by atoms with Gasteiger partial charge in [0.25, 0.3) is 0 Å². The van der Waals surface area contributed by atoms with Gasteiger partial charge in [-0.2, -0.15) is 0 Å². The highest BCUT2D eigenvalue weighted by Gasteiger charge is 2.11. The molecule has 1 heterocycles. The first-order chi connectivity index (χ1) is 5.38. The van der Waals surface area contributed by atoms with E-state index in [9.17, 15) is 0 Å². The van der Waals surface area contributed by atoms with E-state index in [1.165, 1.54) is 5.56 Å². The van der Waals surface area contributed by atoms with Crippen molar-refractivity contribution in [3.05, 3.63) is 29.8 Å². The maximum atomic E-state index is 4.32. The van der Waals surface area contributed by atoms with Crippen LogP contribution in [0, 0.1) is 0 Å². The largest absolute Gasteiger partial charge is 0.261 e. The molecule has 56 valence electrons. The number of benzene rings is 1. The van der Waals surface area contributed by atoms with E-state index in [0.29, 0.717) is 5.92 Å². The van der Waals surface area contributed by atoms with E-state index in [-0.39, 0.29) is 0 Å². The van der Waals surface area contributed by atoms with Gasteiger partial charge in [-0.1, -0.05) is 25.1 Å². The van der Waals surface area contributed by atoms with Crippen molar-refractivity contribution < 1.29 is 0 Å². The Hall–Kier alpha value is -1.11. The third kappa shape index (κ3) is 1.07. The lowest BCUT2D eigenvalue weighted by atomic mass is 9.95. The van der Waals surface area contributed by atoms with Gasteiger partial charge in [-0.05, 0) is 24.0 Å². The summed E-state index contributed by atoms with van der Waals surface area (Å²) in [5.74, 6) is 0.642. The van der Waals surface area contributed by atoms with Crippen LogP contribution in [0.5, 0.6) is 0 Å². The lowest BCUT2D eigenvalue weighted by Gasteiger charge is -2.15. The molecule has 0 N–H and O–H groups in total. The van der Waals surface area contributed by atoms with Crippen molar-refractivity contribution in [1.29, 1.82) is 0 Å². The Bertz CT molecular complexity index is 289. The Morgan fingerprint density at radius 1 is 1.36 bits per heavy atom. The highest BCUT2D eigenvalue weighted by molar-refractivity contribution is 5.70. The van der Waals surface area contributed by atoms with Crippen LogP contribution < -0.4 is 0 Å². The number of fused-ring (bicyclic) bond motifs is 1. The minimum atomic E-state index is 0.642. The minimum absolute atomic E-state index is 0.642. The highest BCUT2D eigenvalue weighted by Crippen LogP contribution is 2.31. The average Bonchev–Trinajstić information content (AvgIpc) is 2.06. The average molecular weight is 145 g/mol. The van der Waals surface area contributed by atoms with Crippen LogP contribution in [0.2, 0.25) is 0 Å². The van der Waals surface area contributed by atoms with Gasteiger partial charge in [-0.15, -0.1) is 0 Å². The van der Waals surface area contributed by atoms with E-state index in [4.69, 9.17) is 0 Å². The summed E-state index contributed by atoms with van der Waals surface area (Å²) >= 11 is 0. The van der Waals surface area contributed by atoms with Gasteiger partial charge in [-0.3, -0.25) is 4.99 Å². The van der Waals surface area contributed by atoms with Crippen molar-refractivity contribution in [2.24, 2.45) is 4.99 Å². The predicted molar refractivity (Wildman–Crippen MR) is 47.6 cm³/mol. The summed E-state index contributed by atoms with van der Waals surface area (Å²) in [5.41, 5.74) is 2.53. The molecule has 1 aliphatic rings. The van der Waals surface area contributed by atoms with Crippen LogP contribution in [0.3, 0.4) is 0 Å². The lowest BCUT2D eigenvalue weighted by molar-refractivity contribution is 0.802. The van der Waals surface area contributed by atoms with Crippen LogP contribution in [0.4, 0.5) is 5.69 Å². The van der Waals surface area contributed by atoms with Crippen LogP contribution in [0.25, 0.3) is 0 Å². The highest BCUT2D eigenvalue weighted by atomic mass is 14.7. The van der Waals surface area contributed by atoms with Crippen LogP contribution >= 0.6 is 0 Å². The topological polar surface area (TPSA) is 12.4 Å². The van der Waals surface area contributed by atoms with Crippen molar-refractivity contribution in [1.82, 2.24) is 0 Å². The summed E-state index contributed by atoms with van der Waals surface area (Å²) in [5, 5.41) is 0. The molecule has 0 amide bonds. The quantitative estimate of drug-likeness (QED) is 0.532. The smallest absolute Gasteiger partial charge is 0.0660 e. The van der Waals surface area contributed by atoms with Crippen molar-refractivity contribution in [3.8, 4) is 0 Å². The standard InChI is InChI=1S/C10H11N/c1-8-6-7-11-10-5-3-2-4-9(8)10/h2-5,7-8H,6H2,1H3. The number of nitrogens with zero attached hydrogens (tertiary/aromatic N) is 1. The van der Waals surface area contributed by atoms with Crippen LogP contribution in [0.15, 0.2) is 29.3 Å². The van der Waals surface area contributed by atoms with E-state index >= 15 is 0 Å². The molecule has 0 bridgehead atoms. The molecule has 2 rings (SSSR count). The van der Waals surface area contributed by atoms with E-state index in [2.05, 4.69) is 30.1 Å². The summed E-state index contributed by atoms with van der Waals surface area (Å²) in [6.07, 6.45) is 3.09. The molecular formula is C10H11N. The third-order valence-corrected chi connectivity index (χ3v) is 2.16. The maximum Gasteiger partial charge on any atom is 0.0660 e. The van der Waals surface area contributed by atoms with Crippen molar-refractivity contribution in [2.45, 2.75) is 19.3 Å². The normalized spacial score (nSPS) is 21.4. The molecule has 11 heavy (non-hydrogen) atoms. The zero-order valence-electron chi connectivity index (χ0n) is 6.62. The Morgan fingerprint density at radius 2 is 2.18 bits per heavy atom. The summed E-state index contributed by atoms with van der Waals surface area (Å²) in [6.45, 7) is 2.24. The molecule has 0 radical (unpaired) electrons. The zero-order valence-corrected chi connectivity index (χ0v) is 6.62. The van der Waals surface area contributed by atoms with Gasteiger partial charge < -0.3 is 0 Å². The molecular weight excluding hydrogens is 134 g/mol. The van der Waals surface area contributed by atoms with Crippen LogP contribution in [-0.4, -0.2) is 6.21 Å². The molecule has 1 unspecified atom stereocenters. The zero-order chi connectivity index (χ0) is 7.68. The molecule has 0 spiro atoms. The first-order valence-electron chi connectivity index (χ1n) is 3.99. The third-order valence-electron chi connectivity index (χ3n) is 2.16. The molecule has 0 aromatic heterocycles. The number of aliphatic imine (C=N–C) groups is 1. The van der Waals surface area contributed by atoms with E-state index in [0.717, 1.165) is 12.1 Å². The van der Waals surface area contributed by atoms with E-state index < -0.39 is 0 Å². The van der Waals surface area contributed by atoms with Gasteiger partial charge >= 0.3 is 0 Å². The molecule has 1 aromatic carbocycles. The molecule has 1 aromatic rings. The first-order valence-corrected chi connectivity index (χ1v) is 3.99. The van der Waals surface area contributed by atoms with E-state index in [1.807, 2.05) is 12.3 Å². The predicted octanol–water partition coefficient (Wildman–Crippen LogP) is 2.90. The molecule has 0 aliphatic carbocycles. The lowest BCUT2D eigenvalue weighted by Crippen LogP contribution is -1.98. The van der Waals surface area contributed by atoms with Crippen molar-refractivity contribution in [3.63, 3.8) is 0 Å². The summed E-state index contributed by atoms with van der Waals surface area (Å²) < 4.78 is 0. The summed E-state index contributed by atoms with van der Waals surface area (Å²) in [4.78, 5) is 4.32. The summed E-state index contributed by atoms with van der Waals surface area (Å²) in [7, 11) is 0. The Morgan fingerprint density at radius 3 is 3.00 bits per heavy atom. The van der Waals surface area contributed by atoms with Gasteiger partial charge in [0.15, 0.2) is 0 Å². The second-order valence-corrected chi connectivity index (χ2v) is 3.01. The molecule has 1 atom stereocenters. The Labute approximate surface area is 66.8 Å². The second-order valence-electron chi connectivity index (χ2n) is 3.01. The second kappa shape index (κ2) is 2.50. The molecule has 1 aliphatic heterocycles. The number of hydrogen-bond acceptors (Lipinski definition) is 1. The molecule has 0 saturated carbocycles. The van der Waals surface area contributed by atoms with Gasteiger partial charge in [0.1, 0.15) is 0 Å². The monoisotopic (exact) mass is 145 g/mol. The Kier molecular flexibility index (Phi) is 1.50. The summed E-state index contributed by atoms with van der Waals surface area (Å²) in [6, 6.07) is 8.35. The minimum Gasteiger partial charge on any atom is -0.261 e. The van der Waals surface area contributed by atoms with Crippen LogP contribution in [0.1, 0.15) is 24.8 Å². The fourth-order valence-electron chi connectivity index (χ4n) is 1.46. The van der Waals surface area contributed by atoms with E-state index in [1.54, 1.807) is 0 Å². The van der Waals surface area contributed by atoms with Crippen LogP contribution in [-0.2, 0) is 0 Å². The SMILES string of the molecule is CC1CC=Nc2ccccc21. The molecule has 0 saturated heterocycles. The number of hydrogen-bond donors (Lipinski definition) is 0. The maximum absolute atomic E-state index is 4.32. The van der Waals surface area contributed by atoms with Crippen molar-refractivity contribution in [2.75, 3.05) is 0 Å². The van der Waals surface area contributed by atoms with Crippen molar-refractivity contribution >= 4 is 11.9 Å². The molecule has 0 fully saturated rings. The molecule has 1 heteroatoms. The fraction of sp³-hybridized carbons (Fsp3) is 0.300. The van der Waals surface area contributed by atoms with Gasteiger partial charge in [0.05, 0.1) is 5.69 Å².